The second-order valence-corrected chi connectivity index (χ2v) is 7.28. The quantitative estimate of drug-likeness (QED) is 0.466. The zero-order chi connectivity index (χ0) is 17.6. The fraction of sp³-hybridized carbons (Fsp3) is 0.100. The third kappa shape index (κ3) is 2.78. The van der Waals surface area contributed by atoms with Crippen LogP contribution in [0.15, 0.2) is 47.3 Å². The smallest absolute Gasteiger partial charge is 0.261 e. The second kappa shape index (κ2) is 6.15. The van der Waals surface area contributed by atoms with Crippen LogP contribution in [-0.2, 0) is 7.05 Å². The van der Waals surface area contributed by atoms with E-state index >= 15 is 0 Å². The summed E-state index contributed by atoms with van der Waals surface area (Å²) in [6, 6.07) is 13.9. The van der Waals surface area contributed by atoms with Gasteiger partial charge in [-0.05, 0) is 65.9 Å². The Labute approximate surface area is 158 Å². The number of benzene rings is 2. The number of hydrogen-bond acceptors (Lipinski definition) is 2. The van der Waals surface area contributed by atoms with Gasteiger partial charge >= 0.3 is 0 Å². The Kier molecular flexibility index (Phi) is 3.95. The summed E-state index contributed by atoms with van der Waals surface area (Å²) in [4.78, 5) is 20.7. The van der Waals surface area contributed by atoms with E-state index in [1.807, 2.05) is 42.5 Å². The molecule has 2 heterocycles. The van der Waals surface area contributed by atoms with Crippen LogP contribution in [0.4, 0.5) is 0 Å². The minimum atomic E-state index is -0.0289. The van der Waals surface area contributed by atoms with Crippen molar-refractivity contribution in [1.82, 2.24) is 14.5 Å². The molecule has 1 N–H and O–H groups in total. The maximum absolute atomic E-state index is 12.6. The minimum absolute atomic E-state index is 0.0289. The largest absolute Gasteiger partial charge is 0.358 e. The lowest BCUT2D eigenvalue weighted by Crippen LogP contribution is -2.20. The van der Waals surface area contributed by atoms with Crippen LogP contribution in [0.25, 0.3) is 34.0 Å². The van der Waals surface area contributed by atoms with Crippen molar-refractivity contribution in [3.63, 3.8) is 0 Å². The molecule has 0 aliphatic rings. The summed E-state index contributed by atoms with van der Waals surface area (Å²) in [5.41, 5.74) is 4.01. The van der Waals surface area contributed by atoms with Gasteiger partial charge in [-0.2, -0.15) is 0 Å². The van der Waals surface area contributed by atoms with E-state index in [0.29, 0.717) is 11.2 Å². The van der Waals surface area contributed by atoms with Crippen LogP contribution < -0.4 is 5.56 Å². The predicted octanol–water partition coefficient (Wildman–Crippen LogP) is 4.50. The van der Waals surface area contributed by atoms with Gasteiger partial charge in [0.1, 0.15) is 5.82 Å². The van der Waals surface area contributed by atoms with E-state index in [4.69, 9.17) is 0 Å². The maximum atomic E-state index is 12.6. The monoisotopic (exact) mass is 441 g/mol. The summed E-state index contributed by atoms with van der Waals surface area (Å²) < 4.78 is 2.63. The van der Waals surface area contributed by atoms with Gasteiger partial charge in [0.2, 0.25) is 0 Å². The molecule has 0 aliphatic heterocycles. The summed E-state index contributed by atoms with van der Waals surface area (Å²) in [5.74, 6) is 0.642. The Hall–Kier alpha value is -2.41. The minimum Gasteiger partial charge on any atom is -0.358 e. The fourth-order valence-electron chi connectivity index (χ4n) is 3.08. The number of fused-ring (bicyclic) bond motifs is 2. The first kappa shape index (κ1) is 16.1. The third-order valence-electron chi connectivity index (χ3n) is 4.41. The number of halogens is 1. The number of aromatic nitrogens is 3. The first-order valence-corrected chi connectivity index (χ1v) is 9.04. The number of aryl methyl sites for hydroxylation is 1. The molecule has 5 heteroatoms. The van der Waals surface area contributed by atoms with Gasteiger partial charge in [0.25, 0.3) is 5.56 Å². The molecule has 0 bridgehead atoms. The van der Waals surface area contributed by atoms with E-state index < -0.39 is 0 Å². The zero-order valence-electron chi connectivity index (χ0n) is 13.9. The van der Waals surface area contributed by atoms with Crippen molar-refractivity contribution in [2.75, 3.05) is 0 Å². The van der Waals surface area contributed by atoms with Gasteiger partial charge in [0, 0.05) is 32.8 Å². The van der Waals surface area contributed by atoms with Crippen molar-refractivity contribution < 1.29 is 0 Å². The molecule has 0 amide bonds. The first-order valence-electron chi connectivity index (χ1n) is 7.96. The van der Waals surface area contributed by atoms with E-state index in [2.05, 4.69) is 51.6 Å². The molecular weight excluding hydrogens is 425 g/mol. The fourth-order valence-corrected chi connectivity index (χ4v) is 3.57. The second-order valence-electron chi connectivity index (χ2n) is 6.04. The SMILES string of the molecule is Cc1[nH]c2ccccc2c1/C=C/c1nc2ccc(I)cc2c(=O)n1C. The molecule has 2 aromatic carbocycles. The molecule has 2 aromatic heterocycles. The zero-order valence-corrected chi connectivity index (χ0v) is 16.0. The van der Waals surface area contributed by atoms with E-state index in [9.17, 15) is 4.79 Å². The van der Waals surface area contributed by atoms with Crippen LogP contribution >= 0.6 is 22.6 Å². The molecule has 124 valence electrons. The van der Waals surface area contributed by atoms with Gasteiger partial charge in [-0.3, -0.25) is 9.36 Å². The molecule has 4 aromatic rings. The number of nitrogens with zero attached hydrogens (tertiary/aromatic N) is 2. The number of para-hydroxylation sites is 1. The number of rotatable bonds is 2. The highest BCUT2D eigenvalue weighted by atomic mass is 127. The van der Waals surface area contributed by atoms with Crippen LogP contribution in [0.2, 0.25) is 0 Å². The number of H-pyrrole nitrogens is 1. The molecule has 0 fully saturated rings. The summed E-state index contributed by atoms with van der Waals surface area (Å²) in [7, 11) is 1.76. The van der Waals surface area contributed by atoms with Gasteiger partial charge < -0.3 is 4.98 Å². The van der Waals surface area contributed by atoms with E-state index in [-0.39, 0.29) is 5.56 Å². The molecule has 0 atom stereocenters. The Morgan fingerprint density at radius 1 is 1.12 bits per heavy atom. The molecule has 4 nitrogen and oxygen atoms in total. The summed E-state index contributed by atoms with van der Waals surface area (Å²) in [5, 5.41) is 1.81. The molecule has 0 aliphatic carbocycles. The van der Waals surface area contributed by atoms with Crippen molar-refractivity contribution in [2.24, 2.45) is 7.05 Å². The first-order chi connectivity index (χ1) is 12.0. The lowest BCUT2D eigenvalue weighted by Gasteiger charge is -2.06. The van der Waals surface area contributed by atoms with Crippen LogP contribution in [0.5, 0.6) is 0 Å². The molecular formula is C20H16IN3O. The van der Waals surface area contributed by atoms with Gasteiger partial charge in [-0.15, -0.1) is 0 Å². The molecule has 25 heavy (non-hydrogen) atoms. The van der Waals surface area contributed by atoms with Gasteiger partial charge in [0.05, 0.1) is 10.9 Å². The topological polar surface area (TPSA) is 50.7 Å². The highest BCUT2D eigenvalue weighted by Crippen LogP contribution is 2.24. The average molecular weight is 441 g/mol. The van der Waals surface area contributed by atoms with Crippen LogP contribution in [0, 0.1) is 10.5 Å². The molecule has 4 rings (SSSR count). The van der Waals surface area contributed by atoms with Crippen molar-refractivity contribution in [2.45, 2.75) is 6.92 Å². The maximum Gasteiger partial charge on any atom is 0.261 e. The van der Waals surface area contributed by atoms with Crippen molar-refractivity contribution >= 4 is 56.5 Å². The van der Waals surface area contributed by atoms with Crippen molar-refractivity contribution in [3.05, 3.63) is 73.5 Å². The predicted molar refractivity (Wildman–Crippen MR) is 112 cm³/mol. The molecule has 0 radical (unpaired) electrons. The summed E-state index contributed by atoms with van der Waals surface area (Å²) in [6.45, 7) is 2.05. The molecule has 0 saturated carbocycles. The van der Waals surface area contributed by atoms with Crippen molar-refractivity contribution in [3.8, 4) is 0 Å². The average Bonchev–Trinajstić information content (AvgIpc) is 2.93. The Bertz CT molecular complexity index is 1200. The van der Waals surface area contributed by atoms with Crippen molar-refractivity contribution in [1.29, 1.82) is 0 Å². The third-order valence-corrected chi connectivity index (χ3v) is 5.09. The van der Waals surface area contributed by atoms with Crippen LogP contribution in [0.3, 0.4) is 0 Å². The van der Waals surface area contributed by atoms with Gasteiger partial charge in [-0.25, -0.2) is 4.98 Å². The number of nitrogens with one attached hydrogen (secondary N) is 1. The van der Waals surface area contributed by atoms with Gasteiger partial charge in [-0.1, -0.05) is 18.2 Å². The molecule has 0 spiro atoms. The van der Waals surface area contributed by atoms with Crippen LogP contribution in [-0.4, -0.2) is 14.5 Å². The lowest BCUT2D eigenvalue weighted by atomic mass is 10.1. The highest BCUT2D eigenvalue weighted by molar-refractivity contribution is 14.1. The van der Waals surface area contributed by atoms with E-state index in [0.717, 1.165) is 31.2 Å². The normalized spacial score (nSPS) is 11.8. The van der Waals surface area contributed by atoms with Crippen LogP contribution in [0.1, 0.15) is 17.1 Å². The van der Waals surface area contributed by atoms with E-state index in [1.54, 1.807) is 11.6 Å². The Morgan fingerprint density at radius 2 is 1.92 bits per heavy atom. The van der Waals surface area contributed by atoms with E-state index in [1.165, 1.54) is 0 Å². The number of hydrogen-bond donors (Lipinski definition) is 1. The Morgan fingerprint density at radius 3 is 2.76 bits per heavy atom. The standard InChI is InChI=1S/C20H16IN3O/c1-12-14(15-5-3-4-6-17(15)22-12)8-10-19-23-18-9-7-13(21)11-16(18)20(25)24(19)2/h3-11,22H,1-2H3/b10-8+. The highest BCUT2D eigenvalue weighted by Gasteiger charge is 2.08. The number of aromatic amines is 1. The Balaban J connectivity index is 1.86. The summed E-state index contributed by atoms with van der Waals surface area (Å²) in [6.07, 6.45) is 3.93. The summed E-state index contributed by atoms with van der Waals surface area (Å²) >= 11 is 2.21. The molecule has 0 saturated heterocycles. The molecule has 0 unspecified atom stereocenters. The van der Waals surface area contributed by atoms with Gasteiger partial charge in [0.15, 0.2) is 0 Å². The lowest BCUT2D eigenvalue weighted by molar-refractivity contribution is 0.828.